The van der Waals surface area contributed by atoms with Crippen molar-refractivity contribution in [1.29, 1.82) is 0 Å². The second-order valence-electron chi connectivity index (χ2n) is 7.18. The van der Waals surface area contributed by atoms with E-state index in [0.29, 0.717) is 25.7 Å². The Kier molecular flexibility index (Phi) is 12.2. The summed E-state index contributed by atoms with van der Waals surface area (Å²) in [5, 5.41) is 0. The molecule has 0 bridgehead atoms. The van der Waals surface area contributed by atoms with E-state index in [2.05, 4.69) is 13.2 Å². The van der Waals surface area contributed by atoms with Gasteiger partial charge in [-0.3, -0.25) is 9.35 Å². The van der Waals surface area contributed by atoms with Crippen molar-refractivity contribution in [1.82, 2.24) is 0 Å². The van der Waals surface area contributed by atoms with E-state index in [1.54, 1.807) is 6.92 Å². The first kappa shape index (κ1) is 27.8. The lowest BCUT2D eigenvalue weighted by Gasteiger charge is -2.29. The summed E-state index contributed by atoms with van der Waals surface area (Å²) in [4.78, 5) is 36.2. The van der Waals surface area contributed by atoms with Crippen LogP contribution in [0.3, 0.4) is 0 Å². The number of unbranched alkanes of at least 4 members (excludes halogenated alkanes) is 3. The summed E-state index contributed by atoms with van der Waals surface area (Å²) in [5.74, 6) is -2.34. The highest BCUT2D eigenvalue weighted by Crippen LogP contribution is 2.26. The molecule has 0 rings (SSSR count). The third kappa shape index (κ3) is 11.1. The number of carbonyl (C=O) groups is 3. The molecule has 0 saturated heterocycles. The molecule has 0 fully saturated rings. The van der Waals surface area contributed by atoms with Gasteiger partial charge in [-0.05, 0) is 33.1 Å². The summed E-state index contributed by atoms with van der Waals surface area (Å²) in [6.07, 6.45) is 2.11. The molecule has 0 aliphatic carbocycles. The van der Waals surface area contributed by atoms with E-state index in [1.807, 2.05) is 0 Å². The molecule has 0 amide bonds. The van der Waals surface area contributed by atoms with E-state index in [4.69, 9.17) is 18.8 Å². The molecule has 0 spiro atoms. The van der Waals surface area contributed by atoms with Crippen LogP contribution in [-0.4, -0.2) is 56.5 Å². The van der Waals surface area contributed by atoms with Crippen LogP contribution < -0.4 is 0 Å². The van der Waals surface area contributed by atoms with Crippen LogP contribution in [0, 0.1) is 5.41 Å². The van der Waals surface area contributed by atoms with E-state index < -0.39 is 33.4 Å². The van der Waals surface area contributed by atoms with Gasteiger partial charge in [0.2, 0.25) is 0 Å². The van der Waals surface area contributed by atoms with Gasteiger partial charge in [0, 0.05) is 11.1 Å². The van der Waals surface area contributed by atoms with Crippen LogP contribution in [0.25, 0.3) is 0 Å². The van der Waals surface area contributed by atoms with Gasteiger partial charge in [0.1, 0.15) is 18.6 Å². The Hall–Kier alpha value is -2.20. The van der Waals surface area contributed by atoms with Gasteiger partial charge in [0.15, 0.2) is 0 Å². The van der Waals surface area contributed by atoms with Crippen LogP contribution in [0.1, 0.15) is 52.9 Å². The SMILES string of the molecule is C=C(C)C(=O)OCC(CC)(COC(=O)C(=C)C)C(=O)OCCCCCCS(=O)(=O)O. The van der Waals surface area contributed by atoms with Gasteiger partial charge in [-0.15, -0.1) is 0 Å². The third-order valence-electron chi connectivity index (χ3n) is 4.30. The molecule has 9 nitrogen and oxygen atoms in total. The Labute approximate surface area is 178 Å². The van der Waals surface area contributed by atoms with Gasteiger partial charge in [0.05, 0.1) is 12.4 Å². The summed E-state index contributed by atoms with van der Waals surface area (Å²) in [6, 6.07) is 0. The van der Waals surface area contributed by atoms with Crippen LogP contribution in [-0.2, 0) is 38.7 Å². The van der Waals surface area contributed by atoms with Crippen molar-refractivity contribution < 1.29 is 41.6 Å². The first-order valence-corrected chi connectivity index (χ1v) is 11.2. The van der Waals surface area contributed by atoms with Crippen molar-refractivity contribution in [3.05, 3.63) is 24.3 Å². The monoisotopic (exact) mass is 448 g/mol. The highest BCUT2D eigenvalue weighted by Gasteiger charge is 2.42. The van der Waals surface area contributed by atoms with Gasteiger partial charge in [-0.25, -0.2) is 9.59 Å². The molecule has 0 aromatic rings. The predicted molar refractivity (Wildman–Crippen MR) is 110 cm³/mol. The van der Waals surface area contributed by atoms with Crippen molar-refractivity contribution >= 4 is 28.0 Å². The summed E-state index contributed by atoms with van der Waals surface area (Å²) >= 11 is 0. The van der Waals surface area contributed by atoms with E-state index in [9.17, 15) is 22.8 Å². The summed E-state index contributed by atoms with van der Waals surface area (Å²) in [6.45, 7) is 11.0. The van der Waals surface area contributed by atoms with Crippen molar-refractivity contribution in [3.63, 3.8) is 0 Å². The summed E-state index contributed by atoms with van der Waals surface area (Å²) in [7, 11) is -3.97. The van der Waals surface area contributed by atoms with Crippen molar-refractivity contribution in [3.8, 4) is 0 Å². The predicted octanol–water partition coefficient (Wildman–Crippen LogP) is 2.61. The lowest BCUT2D eigenvalue weighted by molar-refractivity contribution is -0.170. The quantitative estimate of drug-likeness (QED) is 0.132. The topological polar surface area (TPSA) is 133 Å². The van der Waals surface area contributed by atoms with Gasteiger partial charge in [0.25, 0.3) is 10.1 Å². The molecular formula is C20H32O9S. The number of ether oxygens (including phenoxy) is 3. The van der Waals surface area contributed by atoms with Gasteiger partial charge in [-0.2, -0.15) is 8.42 Å². The number of hydrogen-bond acceptors (Lipinski definition) is 8. The van der Waals surface area contributed by atoms with Crippen LogP contribution in [0.5, 0.6) is 0 Å². The minimum Gasteiger partial charge on any atom is -0.465 e. The second kappa shape index (κ2) is 13.2. The molecule has 0 heterocycles. The zero-order chi connectivity index (χ0) is 23.4. The molecule has 0 aliphatic rings. The van der Waals surface area contributed by atoms with Gasteiger partial charge < -0.3 is 14.2 Å². The maximum absolute atomic E-state index is 12.7. The number of carbonyl (C=O) groups excluding carboxylic acids is 3. The van der Waals surface area contributed by atoms with Gasteiger partial charge >= 0.3 is 17.9 Å². The van der Waals surface area contributed by atoms with E-state index in [-0.39, 0.29) is 43.1 Å². The van der Waals surface area contributed by atoms with E-state index in [0.717, 1.165) is 0 Å². The Balaban J connectivity index is 4.86. The standard InChI is InChI=1S/C20H32O9S/c1-6-20(13-28-17(21)15(2)3,14-29-18(22)16(4)5)19(23)27-11-9-7-8-10-12-30(24,25)26/h2,4,6-14H2,1,3,5H3,(H,24,25,26). The zero-order valence-corrected chi connectivity index (χ0v) is 18.7. The molecule has 30 heavy (non-hydrogen) atoms. The average molecular weight is 449 g/mol. The highest BCUT2D eigenvalue weighted by atomic mass is 32.2. The Bertz CT molecular complexity index is 707. The number of esters is 3. The largest absolute Gasteiger partial charge is 0.465 e. The van der Waals surface area contributed by atoms with Crippen LogP contribution in [0.2, 0.25) is 0 Å². The normalized spacial score (nSPS) is 11.5. The molecule has 0 saturated carbocycles. The Morgan fingerprint density at radius 1 is 0.867 bits per heavy atom. The molecule has 0 aromatic heterocycles. The molecule has 10 heteroatoms. The fraction of sp³-hybridized carbons (Fsp3) is 0.650. The lowest BCUT2D eigenvalue weighted by atomic mass is 9.87. The summed E-state index contributed by atoms with van der Waals surface area (Å²) in [5.41, 5.74) is -1.05. The molecule has 0 aromatic carbocycles. The summed E-state index contributed by atoms with van der Waals surface area (Å²) < 4.78 is 45.6. The number of hydrogen-bond donors (Lipinski definition) is 1. The van der Waals surface area contributed by atoms with E-state index >= 15 is 0 Å². The molecule has 1 N–H and O–H groups in total. The lowest BCUT2D eigenvalue weighted by Crippen LogP contribution is -2.42. The average Bonchev–Trinajstić information content (AvgIpc) is 2.65. The smallest absolute Gasteiger partial charge is 0.333 e. The Morgan fingerprint density at radius 3 is 1.73 bits per heavy atom. The highest BCUT2D eigenvalue weighted by molar-refractivity contribution is 7.85. The second-order valence-corrected chi connectivity index (χ2v) is 8.76. The van der Waals surface area contributed by atoms with E-state index in [1.165, 1.54) is 13.8 Å². The first-order valence-electron chi connectivity index (χ1n) is 9.62. The fourth-order valence-electron chi connectivity index (χ4n) is 2.22. The van der Waals surface area contributed by atoms with Crippen molar-refractivity contribution in [2.45, 2.75) is 52.9 Å². The molecular weight excluding hydrogens is 416 g/mol. The maximum Gasteiger partial charge on any atom is 0.333 e. The Morgan fingerprint density at radius 2 is 1.33 bits per heavy atom. The molecule has 0 aliphatic heterocycles. The van der Waals surface area contributed by atoms with Crippen molar-refractivity contribution in [2.75, 3.05) is 25.6 Å². The fourth-order valence-corrected chi connectivity index (χ4v) is 2.79. The third-order valence-corrected chi connectivity index (χ3v) is 5.10. The van der Waals surface area contributed by atoms with Gasteiger partial charge in [-0.1, -0.05) is 32.9 Å². The minimum atomic E-state index is -3.97. The zero-order valence-electron chi connectivity index (χ0n) is 17.9. The van der Waals surface area contributed by atoms with Crippen molar-refractivity contribution in [2.24, 2.45) is 5.41 Å². The molecule has 172 valence electrons. The maximum atomic E-state index is 12.7. The molecule has 0 radical (unpaired) electrons. The molecule has 0 unspecified atom stereocenters. The van der Waals surface area contributed by atoms with Crippen LogP contribution in [0.4, 0.5) is 0 Å². The number of rotatable bonds is 15. The minimum absolute atomic E-state index is 0.0648. The van der Waals surface area contributed by atoms with Crippen LogP contribution in [0.15, 0.2) is 24.3 Å². The van der Waals surface area contributed by atoms with Crippen LogP contribution >= 0.6 is 0 Å². The first-order chi connectivity index (χ1) is 13.8. The molecule has 0 atom stereocenters.